The van der Waals surface area contributed by atoms with Crippen molar-refractivity contribution in [2.75, 3.05) is 11.9 Å². The Bertz CT molecular complexity index is 758. The van der Waals surface area contributed by atoms with E-state index < -0.39 is 5.54 Å². The van der Waals surface area contributed by atoms with Crippen molar-refractivity contribution < 1.29 is 14.3 Å². The van der Waals surface area contributed by atoms with Gasteiger partial charge in [-0.25, -0.2) is 9.78 Å². The zero-order valence-electron chi connectivity index (χ0n) is 14.6. The van der Waals surface area contributed by atoms with Gasteiger partial charge in [0, 0.05) is 11.1 Å². The van der Waals surface area contributed by atoms with Gasteiger partial charge in [-0.3, -0.25) is 0 Å². The monoisotopic (exact) mass is 331 g/mol. The highest BCUT2D eigenvalue weighted by Crippen LogP contribution is 2.39. The molecule has 1 aromatic heterocycles. The van der Waals surface area contributed by atoms with Gasteiger partial charge in [0.25, 0.3) is 0 Å². The summed E-state index contributed by atoms with van der Waals surface area (Å²) in [4.78, 5) is 16.7. The number of aliphatic hydroxyl groups excluding tert-OH is 1. The van der Waals surface area contributed by atoms with E-state index in [2.05, 4.69) is 15.6 Å². The second-order valence-electron chi connectivity index (χ2n) is 7.88. The molecule has 1 unspecified atom stereocenters. The van der Waals surface area contributed by atoms with Gasteiger partial charge in [-0.05, 0) is 43.9 Å². The van der Waals surface area contributed by atoms with Crippen LogP contribution in [-0.4, -0.2) is 28.3 Å². The number of benzene rings is 1. The largest absolute Gasteiger partial charge is 0.440 e. The first-order valence-corrected chi connectivity index (χ1v) is 8.32. The molecule has 130 valence electrons. The van der Waals surface area contributed by atoms with E-state index in [4.69, 9.17) is 4.42 Å². The lowest BCUT2D eigenvalue weighted by Crippen LogP contribution is -2.52. The fourth-order valence-electron chi connectivity index (χ4n) is 2.74. The zero-order chi connectivity index (χ0) is 17.5. The number of fused-ring (bicyclic) bond motifs is 1. The van der Waals surface area contributed by atoms with Crippen molar-refractivity contribution >= 4 is 22.8 Å². The summed E-state index contributed by atoms with van der Waals surface area (Å²) in [5.41, 5.74) is 1.32. The molecule has 0 bridgehead atoms. The van der Waals surface area contributed by atoms with Crippen LogP contribution >= 0.6 is 0 Å². The highest BCUT2D eigenvalue weighted by molar-refractivity contribution is 5.92. The average Bonchev–Trinajstić information content (AvgIpc) is 3.26. The number of anilines is 1. The van der Waals surface area contributed by atoms with Crippen molar-refractivity contribution in [1.82, 2.24) is 10.3 Å². The van der Waals surface area contributed by atoms with E-state index in [0.717, 1.165) is 12.8 Å². The fourth-order valence-corrected chi connectivity index (χ4v) is 2.74. The summed E-state index contributed by atoms with van der Waals surface area (Å²) >= 11 is 0. The van der Waals surface area contributed by atoms with Gasteiger partial charge in [0.15, 0.2) is 5.58 Å². The third-order valence-corrected chi connectivity index (χ3v) is 4.49. The van der Waals surface area contributed by atoms with Gasteiger partial charge in [0.05, 0.1) is 12.1 Å². The molecule has 1 aromatic carbocycles. The highest BCUT2D eigenvalue weighted by atomic mass is 16.3. The Balaban J connectivity index is 1.74. The number of aromatic nitrogens is 1. The van der Waals surface area contributed by atoms with Crippen molar-refractivity contribution in [1.29, 1.82) is 0 Å². The van der Waals surface area contributed by atoms with E-state index >= 15 is 0 Å². The molecule has 1 aliphatic carbocycles. The lowest BCUT2D eigenvalue weighted by molar-refractivity contribution is 0.159. The SMILES string of the molecule is CC(C)(C)c1nc2cc(NC(=O)NC(C)(CO)C3CC3)ccc2o1. The van der Waals surface area contributed by atoms with E-state index in [-0.39, 0.29) is 18.1 Å². The van der Waals surface area contributed by atoms with Crippen molar-refractivity contribution in [2.24, 2.45) is 5.92 Å². The Labute approximate surface area is 141 Å². The minimum absolute atomic E-state index is 0.0671. The Morgan fingerprint density at radius 2 is 2.04 bits per heavy atom. The average molecular weight is 331 g/mol. The topological polar surface area (TPSA) is 87.4 Å². The Morgan fingerprint density at radius 3 is 2.62 bits per heavy atom. The predicted molar refractivity (Wildman–Crippen MR) is 93.1 cm³/mol. The third-order valence-electron chi connectivity index (χ3n) is 4.49. The highest BCUT2D eigenvalue weighted by Gasteiger charge is 2.42. The molecule has 3 N–H and O–H groups in total. The molecule has 6 heteroatoms. The van der Waals surface area contributed by atoms with Crippen LogP contribution in [0, 0.1) is 5.92 Å². The summed E-state index contributed by atoms with van der Waals surface area (Å²) < 4.78 is 5.76. The lowest BCUT2D eigenvalue weighted by atomic mass is 9.97. The summed E-state index contributed by atoms with van der Waals surface area (Å²) in [5, 5.41) is 15.3. The molecule has 24 heavy (non-hydrogen) atoms. The number of hydrogen-bond donors (Lipinski definition) is 3. The summed E-state index contributed by atoms with van der Waals surface area (Å²) in [6.45, 7) is 7.93. The molecule has 2 aromatic rings. The number of oxazole rings is 1. The fraction of sp³-hybridized carbons (Fsp3) is 0.556. The van der Waals surface area contributed by atoms with Crippen LogP contribution in [0.1, 0.15) is 46.4 Å². The molecule has 1 fully saturated rings. The molecule has 1 heterocycles. The maximum atomic E-state index is 12.2. The smallest absolute Gasteiger partial charge is 0.319 e. The van der Waals surface area contributed by atoms with E-state index in [1.54, 1.807) is 18.2 Å². The third kappa shape index (κ3) is 3.38. The standard InChI is InChI=1S/C18H25N3O3/c1-17(2,3)15-20-13-9-12(7-8-14(13)24-15)19-16(23)21-18(4,10-22)11-5-6-11/h7-9,11,22H,5-6,10H2,1-4H3,(H2,19,21,23). The first-order valence-electron chi connectivity index (χ1n) is 8.32. The maximum absolute atomic E-state index is 12.2. The molecule has 0 spiro atoms. The van der Waals surface area contributed by atoms with E-state index in [1.807, 2.05) is 27.7 Å². The second kappa shape index (κ2) is 5.77. The molecule has 0 saturated heterocycles. The molecule has 6 nitrogen and oxygen atoms in total. The number of hydrogen-bond acceptors (Lipinski definition) is 4. The van der Waals surface area contributed by atoms with Crippen LogP contribution in [0.5, 0.6) is 0 Å². The van der Waals surface area contributed by atoms with Gasteiger partial charge in [-0.2, -0.15) is 0 Å². The Kier molecular flexibility index (Phi) is 4.03. The van der Waals surface area contributed by atoms with Crippen molar-refractivity contribution in [3.63, 3.8) is 0 Å². The van der Waals surface area contributed by atoms with Gasteiger partial charge < -0.3 is 20.2 Å². The summed E-state index contributed by atoms with van der Waals surface area (Å²) in [7, 11) is 0. The maximum Gasteiger partial charge on any atom is 0.319 e. The van der Waals surface area contributed by atoms with Crippen molar-refractivity contribution in [3.05, 3.63) is 24.1 Å². The molecule has 1 saturated carbocycles. The minimum Gasteiger partial charge on any atom is -0.440 e. The summed E-state index contributed by atoms with van der Waals surface area (Å²) in [6, 6.07) is 5.06. The van der Waals surface area contributed by atoms with Crippen molar-refractivity contribution in [3.8, 4) is 0 Å². The van der Waals surface area contributed by atoms with E-state index in [1.165, 1.54) is 0 Å². The number of nitrogens with one attached hydrogen (secondary N) is 2. The number of nitrogens with zero attached hydrogens (tertiary/aromatic N) is 1. The summed E-state index contributed by atoms with van der Waals surface area (Å²) in [5.74, 6) is 1.02. The molecule has 1 atom stereocenters. The molecule has 0 radical (unpaired) electrons. The molecule has 3 rings (SSSR count). The number of amides is 2. The van der Waals surface area contributed by atoms with Crippen LogP contribution in [-0.2, 0) is 5.41 Å². The van der Waals surface area contributed by atoms with Crippen molar-refractivity contribution in [2.45, 2.75) is 51.5 Å². The van der Waals surface area contributed by atoms with Crippen LogP contribution in [0.2, 0.25) is 0 Å². The predicted octanol–water partition coefficient (Wildman–Crippen LogP) is 3.41. The van der Waals surface area contributed by atoms with Crippen LogP contribution < -0.4 is 10.6 Å². The second-order valence-corrected chi connectivity index (χ2v) is 7.88. The first-order chi connectivity index (χ1) is 11.2. The molecular weight excluding hydrogens is 306 g/mol. The molecule has 1 aliphatic rings. The van der Waals surface area contributed by atoms with Gasteiger partial charge in [-0.1, -0.05) is 20.8 Å². The lowest BCUT2D eigenvalue weighted by Gasteiger charge is -2.28. The number of urea groups is 1. The minimum atomic E-state index is -0.568. The molecular formula is C18H25N3O3. The van der Waals surface area contributed by atoms with E-state index in [0.29, 0.717) is 28.6 Å². The number of aliphatic hydroxyl groups is 1. The molecule has 0 aliphatic heterocycles. The number of carbonyl (C=O) groups is 1. The van der Waals surface area contributed by atoms with Gasteiger partial charge >= 0.3 is 6.03 Å². The zero-order valence-corrected chi connectivity index (χ0v) is 14.6. The first kappa shape index (κ1) is 16.8. The molecule has 2 amide bonds. The van der Waals surface area contributed by atoms with Crippen LogP contribution in [0.3, 0.4) is 0 Å². The Morgan fingerprint density at radius 1 is 1.33 bits per heavy atom. The van der Waals surface area contributed by atoms with E-state index in [9.17, 15) is 9.90 Å². The van der Waals surface area contributed by atoms with Gasteiger partial charge in [-0.15, -0.1) is 0 Å². The quantitative estimate of drug-likeness (QED) is 0.801. The van der Waals surface area contributed by atoms with Gasteiger partial charge in [0.1, 0.15) is 5.52 Å². The van der Waals surface area contributed by atoms with Crippen LogP contribution in [0.4, 0.5) is 10.5 Å². The normalized spacial score (nSPS) is 17.5. The Hall–Kier alpha value is -2.08. The van der Waals surface area contributed by atoms with Gasteiger partial charge in [0.2, 0.25) is 5.89 Å². The van der Waals surface area contributed by atoms with Crippen LogP contribution in [0.15, 0.2) is 22.6 Å². The summed E-state index contributed by atoms with van der Waals surface area (Å²) in [6.07, 6.45) is 2.08. The number of rotatable bonds is 4. The van der Waals surface area contributed by atoms with Crippen LogP contribution in [0.25, 0.3) is 11.1 Å². The number of carbonyl (C=O) groups excluding carboxylic acids is 1.